The smallest absolute Gasteiger partial charge is 0.341 e. The van der Waals surface area contributed by atoms with E-state index in [1.165, 1.54) is 20.3 Å². The summed E-state index contributed by atoms with van der Waals surface area (Å²) in [6, 6.07) is 8.14. The number of nitrogens with zero attached hydrogens (tertiary/aromatic N) is 1. The molecule has 0 aliphatic carbocycles. The number of anilines is 1. The van der Waals surface area contributed by atoms with Gasteiger partial charge in [-0.2, -0.15) is 0 Å². The molecule has 0 atom stereocenters. The average Bonchev–Trinajstić information content (AvgIpc) is 2.49. The van der Waals surface area contributed by atoms with E-state index in [2.05, 4.69) is 4.98 Å². The van der Waals surface area contributed by atoms with E-state index in [1.807, 2.05) is 0 Å². The van der Waals surface area contributed by atoms with E-state index in [0.29, 0.717) is 17.2 Å². The lowest BCUT2D eigenvalue weighted by Gasteiger charge is -2.11. The zero-order chi connectivity index (χ0) is 14.5. The van der Waals surface area contributed by atoms with E-state index in [1.54, 1.807) is 30.5 Å². The predicted octanol–water partition coefficient (Wildman–Crippen LogP) is 2.25. The lowest BCUT2D eigenvalue weighted by atomic mass is 10.2. The maximum atomic E-state index is 11.8. The Bertz CT molecular complexity index is 628. The molecule has 20 heavy (non-hydrogen) atoms. The van der Waals surface area contributed by atoms with Crippen LogP contribution in [0.2, 0.25) is 0 Å². The van der Waals surface area contributed by atoms with Crippen LogP contribution >= 0.6 is 0 Å². The zero-order valence-electron chi connectivity index (χ0n) is 11.1. The molecule has 0 unspecified atom stereocenters. The number of hydrogen-bond acceptors (Lipinski definition) is 6. The first-order chi connectivity index (χ1) is 9.65. The van der Waals surface area contributed by atoms with Gasteiger partial charge in [0.2, 0.25) is 5.88 Å². The highest BCUT2D eigenvalue weighted by atomic mass is 16.5. The first-order valence-corrected chi connectivity index (χ1v) is 5.80. The van der Waals surface area contributed by atoms with Crippen molar-refractivity contribution in [2.75, 3.05) is 20.0 Å². The number of esters is 1. The quantitative estimate of drug-likeness (QED) is 0.861. The van der Waals surface area contributed by atoms with Gasteiger partial charge in [-0.1, -0.05) is 0 Å². The standard InChI is InChI=1S/C14H14N2O4/c1-18-9-5-6-12(10(8-9)14(17)19-2)20-13-11(15)4-3-7-16-13/h3-8H,15H2,1-2H3. The van der Waals surface area contributed by atoms with Gasteiger partial charge in [-0.15, -0.1) is 0 Å². The highest BCUT2D eigenvalue weighted by Crippen LogP contribution is 2.30. The van der Waals surface area contributed by atoms with Crippen molar-refractivity contribution in [3.63, 3.8) is 0 Å². The van der Waals surface area contributed by atoms with Crippen molar-refractivity contribution in [2.45, 2.75) is 0 Å². The molecule has 0 aliphatic rings. The molecule has 6 nitrogen and oxygen atoms in total. The minimum atomic E-state index is -0.534. The Kier molecular flexibility index (Phi) is 4.05. The summed E-state index contributed by atoms with van der Waals surface area (Å²) in [5.74, 6) is 0.506. The van der Waals surface area contributed by atoms with Crippen LogP contribution in [0.5, 0.6) is 17.4 Å². The van der Waals surface area contributed by atoms with Crippen molar-refractivity contribution < 1.29 is 19.0 Å². The maximum Gasteiger partial charge on any atom is 0.341 e. The molecule has 0 bridgehead atoms. The molecule has 104 valence electrons. The Balaban J connectivity index is 2.41. The van der Waals surface area contributed by atoms with Crippen molar-refractivity contribution in [2.24, 2.45) is 0 Å². The Morgan fingerprint density at radius 2 is 2.05 bits per heavy atom. The SMILES string of the molecule is COC(=O)c1cc(OC)ccc1Oc1ncccc1N. The molecule has 2 rings (SSSR count). The van der Waals surface area contributed by atoms with Crippen LogP contribution in [-0.2, 0) is 4.74 Å². The number of carbonyl (C=O) groups is 1. The van der Waals surface area contributed by atoms with Crippen molar-refractivity contribution in [3.05, 3.63) is 42.1 Å². The van der Waals surface area contributed by atoms with Crippen molar-refractivity contribution in [1.29, 1.82) is 0 Å². The summed E-state index contributed by atoms with van der Waals surface area (Å²) < 4.78 is 15.4. The third-order valence-electron chi connectivity index (χ3n) is 2.60. The normalized spacial score (nSPS) is 9.90. The highest BCUT2D eigenvalue weighted by molar-refractivity contribution is 5.93. The number of rotatable bonds is 4. The lowest BCUT2D eigenvalue weighted by molar-refractivity contribution is 0.0597. The van der Waals surface area contributed by atoms with Gasteiger partial charge in [0.15, 0.2) is 0 Å². The monoisotopic (exact) mass is 274 g/mol. The number of carbonyl (C=O) groups excluding carboxylic acids is 1. The number of benzene rings is 1. The van der Waals surface area contributed by atoms with Crippen molar-refractivity contribution >= 4 is 11.7 Å². The minimum absolute atomic E-state index is 0.225. The Labute approximate surface area is 116 Å². The van der Waals surface area contributed by atoms with E-state index < -0.39 is 5.97 Å². The summed E-state index contributed by atoms with van der Waals surface area (Å²) in [4.78, 5) is 15.8. The topological polar surface area (TPSA) is 83.7 Å². The van der Waals surface area contributed by atoms with Gasteiger partial charge < -0.3 is 19.9 Å². The molecule has 1 aromatic carbocycles. The fourth-order valence-electron chi connectivity index (χ4n) is 1.59. The van der Waals surface area contributed by atoms with Crippen LogP contribution < -0.4 is 15.2 Å². The predicted molar refractivity (Wildman–Crippen MR) is 73.1 cm³/mol. The Morgan fingerprint density at radius 1 is 1.25 bits per heavy atom. The number of aromatic nitrogens is 1. The number of ether oxygens (including phenoxy) is 3. The van der Waals surface area contributed by atoms with Gasteiger partial charge in [-0.3, -0.25) is 0 Å². The third-order valence-corrected chi connectivity index (χ3v) is 2.60. The molecule has 0 saturated carbocycles. The van der Waals surface area contributed by atoms with E-state index >= 15 is 0 Å². The van der Waals surface area contributed by atoms with Crippen LogP contribution in [0, 0.1) is 0 Å². The summed E-state index contributed by atoms with van der Waals surface area (Å²) in [7, 11) is 2.80. The number of pyridine rings is 1. The second kappa shape index (κ2) is 5.92. The van der Waals surface area contributed by atoms with E-state index in [9.17, 15) is 4.79 Å². The molecule has 0 saturated heterocycles. The lowest BCUT2D eigenvalue weighted by Crippen LogP contribution is -2.05. The molecule has 6 heteroatoms. The number of nitrogen functional groups attached to an aromatic ring is 1. The highest BCUT2D eigenvalue weighted by Gasteiger charge is 2.16. The van der Waals surface area contributed by atoms with Crippen LogP contribution in [0.4, 0.5) is 5.69 Å². The number of methoxy groups -OCH3 is 2. The average molecular weight is 274 g/mol. The molecule has 1 heterocycles. The summed E-state index contributed by atoms with van der Waals surface area (Å²) in [5, 5.41) is 0. The van der Waals surface area contributed by atoms with E-state index in [0.717, 1.165) is 0 Å². The number of nitrogens with two attached hydrogens (primary N) is 1. The van der Waals surface area contributed by atoms with Gasteiger partial charge in [0, 0.05) is 6.20 Å². The largest absolute Gasteiger partial charge is 0.497 e. The van der Waals surface area contributed by atoms with Gasteiger partial charge in [-0.25, -0.2) is 9.78 Å². The van der Waals surface area contributed by atoms with Crippen LogP contribution in [0.3, 0.4) is 0 Å². The molecule has 0 aliphatic heterocycles. The maximum absolute atomic E-state index is 11.8. The molecule has 0 radical (unpaired) electrons. The fraction of sp³-hybridized carbons (Fsp3) is 0.143. The Hall–Kier alpha value is -2.76. The fourth-order valence-corrected chi connectivity index (χ4v) is 1.59. The van der Waals surface area contributed by atoms with Crippen LogP contribution in [-0.4, -0.2) is 25.2 Å². The van der Waals surface area contributed by atoms with Crippen molar-refractivity contribution in [3.8, 4) is 17.4 Å². The minimum Gasteiger partial charge on any atom is -0.497 e. The summed E-state index contributed by atoms with van der Waals surface area (Å²) in [5.41, 5.74) is 6.36. The van der Waals surface area contributed by atoms with Crippen LogP contribution in [0.1, 0.15) is 10.4 Å². The van der Waals surface area contributed by atoms with Gasteiger partial charge in [0.25, 0.3) is 0 Å². The second-order valence-electron chi connectivity index (χ2n) is 3.85. The summed E-state index contributed by atoms with van der Waals surface area (Å²) in [6.45, 7) is 0. The van der Waals surface area contributed by atoms with E-state index in [4.69, 9.17) is 19.9 Å². The van der Waals surface area contributed by atoms with Crippen molar-refractivity contribution in [1.82, 2.24) is 4.98 Å². The molecule has 2 N–H and O–H groups in total. The molecular formula is C14H14N2O4. The first-order valence-electron chi connectivity index (χ1n) is 5.80. The van der Waals surface area contributed by atoms with Gasteiger partial charge in [0.1, 0.15) is 17.1 Å². The summed E-state index contributed by atoms with van der Waals surface area (Å²) >= 11 is 0. The molecule has 0 spiro atoms. The zero-order valence-corrected chi connectivity index (χ0v) is 11.1. The van der Waals surface area contributed by atoms with Gasteiger partial charge in [0.05, 0.1) is 19.9 Å². The van der Waals surface area contributed by atoms with Gasteiger partial charge >= 0.3 is 5.97 Å². The van der Waals surface area contributed by atoms with Gasteiger partial charge in [-0.05, 0) is 30.3 Å². The first kappa shape index (κ1) is 13.7. The van der Waals surface area contributed by atoms with Crippen LogP contribution in [0.15, 0.2) is 36.5 Å². The van der Waals surface area contributed by atoms with E-state index in [-0.39, 0.29) is 11.4 Å². The molecule has 2 aromatic rings. The second-order valence-corrected chi connectivity index (χ2v) is 3.85. The third kappa shape index (κ3) is 2.80. The number of hydrogen-bond donors (Lipinski definition) is 1. The molecule has 1 aromatic heterocycles. The molecule has 0 fully saturated rings. The Morgan fingerprint density at radius 3 is 2.70 bits per heavy atom. The molecular weight excluding hydrogens is 260 g/mol. The van der Waals surface area contributed by atoms with Crippen LogP contribution in [0.25, 0.3) is 0 Å². The summed E-state index contributed by atoms with van der Waals surface area (Å²) in [6.07, 6.45) is 1.55. The molecule has 0 amide bonds.